The van der Waals surface area contributed by atoms with Gasteiger partial charge in [-0.2, -0.15) is 0 Å². The van der Waals surface area contributed by atoms with E-state index in [-0.39, 0.29) is 23.5 Å². The van der Waals surface area contributed by atoms with Gasteiger partial charge < -0.3 is 10.5 Å². The van der Waals surface area contributed by atoms with Gasteiger partial charge in [0.05, 0.1) is 11.1 Å². The highest BCUT2D eigenvalue weighted by Crippen LogP contribution is 2.14. The summed E-state index contributed by atoms with van der Waals surface area (Å²) >= 11 is 0. The topological polar surface area (TPSA) is 105 Å². The summed E-state index contributed by atoms with van der Waals surface area (Å²) in [5.41, 5.74) is 5.27. The largest absolute Gasteiger partial charge is 0.387 e. The fourth-order valence-corrected chi connectivity index (χ4v) is 2.99. The van der Waals surface area contributed by atoms with Gasteiger partial charge in [-0.1, -0.05) is 6.92 Å². The van der Waals surface area contributed by atoms with Gasteiger partial charge in [0.2, 0.25) is 10.0 Å². The van der Waals surface area contributed by atoms with Crippen LogP contribution in [0, 0.1) is 11.3 Å². The molecule has 4 N–H and O–H groups in total. The lowest BCUT2D eigenvalue weighted by Crippen LogP contribution is -2.41. The van der Waals surface area contributed by atoms with E-state index < -0.39 is 10.0 Å². The Labute approximate surface area is 96.1 Å². The summed E-state index contributed by atoms with van der Waals surface area (Å²) in [4.78, 5) is 0. The van der Waals surface area contributed by atoms with Crippen LogP contribution in [-0.2, 0) is 14.8 Å². The van der Waals surface area contributed by atoms with E-state index in [0.717, 1.165) is 0 Å². The van der Waals surface area contributed by atoms with Crippen LogP contribution in [0.2, 0.25) is 0 Å². The first kappa shape index (κ1) is 13.4. The smallest absolute Gasteiger partial charge is 0.214 e. The van der Waals surface area contributed by atoms with E-state index in [1.807, 2.05) is 0 Å². The van der Waals surface area contributed by atoms with Crippen molar-refractivity contribution in [3.05, 3.63) is 0 Å². The van der Waals surface area contributed by atoms with Crippen LogP contribution < -0.4 is 10.5 Å². The normalized spacial score (nSPS) is 20.6. The first-order valence-electron chi connectivity index (χ1n) is 5.33. The van der Waals surface area contributed by atoms with Gasteiger partial charge in [-0.05, 0) is 12.8 Å². The van der Waals surface area contributed by atoms with Crippen LogP contribution in [0.1, 0.15) is 19.8 Å². The molecule has 0 radical (unpaired) electrons. The zero-order valence-corrected chi connectivity index (χ0v) is 10.2. The standard InChI is InChI=1S/C9H19N3O3S/c1-7(9(10)11)6-12-16(13,14)8-2-4-15-5-3-8/h7-8,12H,2-6H2,1H3,(H3,10,11). The number of ether oxygens (including phenoxy) is 1. The van der Waals surface area contributed by atoms with Crippen molar-refractivity contribution in [2.24, 2.45) is 11.7 Å². The first-order valence-corrected chi connectivity index (χ1v) is 6.88. The number of sulfonamides is 1. The fourth-order valence-electron chi connectivity index (χ4n) is 1.46. The molecule has 0 amide bonds. The summed E-state index contributed by atoms with van der Waals surface area (Å²) in [5.74, 6) is -0.274. The summed E-state index contributed by atoms with van der Waals surface area (Å²) in [7, 11) is -3.29. The van der Waals surface area contributed by atoms with E-state index in [4.69, 9.17) is 15.9 Å². The number of hydrogen-bond donors (Lipinski definition) is 3. The monoisotopic (exact) mass is 249 g/mol. The molecule has 0 aliphatic carbocycles. The summed E-state index contributed by atoms with van der Waals surface area (Å²) < 4.78 is 31.3. The minimum absolute atomic E-state index is 0.00493. The highest BCUT2D eigenvalue weighted by Gasteiger charge is 2.27. The molecule has 1 unspecified atom stereocenters. The summed E-state index contributed by atoms with van der Waals surface area (Å²) in [6, 6.07) is 0. The Balaban J connectivity index is 2.47. The molecule has 1 aliphatic heterocycles. The van der Waals surface area contributed by atoms with Crippen molar-refractivity contribution in [3.63, 3.8) is 0 Å². The van der Waals surface area contributed by atoms with Gasteiger partial charge in [0.15, 0.2) is 0 Å². The second-order valence-electron chi connectivity index (χ2n) is 4.06. The molecule has 1 heterocycles. The minimum Gasteiger partial charge on any atom is -0.387 e. The molecule has 0 spiro atoms. The Hall–Kier alpha value is -0.660. The lowest BCUT2D eigenvalue weighted by atomic mass is 10.2. The lowest BCUT2D eigenvalue weighted by Gasteiger charge is -2.23. The molecule has 0 bridgehead atoms. The number of hydrogen-bond acceptors (Lipinski definition) is 4. The molecule has 0 saturated carbocycles. The fraction of sp³-hybridized carbons (Fsp3) is 0.889. The predicted octanol–water partition coefficient (Wildman–Crippen LogP) is -0.343. The van der Waals surface area contributed by atoms with E-state index in [1.54, 1.807) is 6.92 Å². The molecule has 6 nitrogen and oxygen atoms in total. The number of nitrogens with one attached hydrogen (secondary N) is 2. The number of nitrogens with two attached hydrogens (primary N) is 1. The SMILES string of the molecule is CC(CNS(=O)(=O)C1CCOCC1)C(=N)N. The van der Waals surface area contributed by atoms with Crippen LogP contribution in [0.5, 0.6) is 0 Å². The van der Waals surface area contributed by atoms with E-state index in [1.165, 1.54) is 0 Å². The van der Waals surface area contributed by atoms with Crippen LogP contribution in [0.4, 0.5) is 0 Å². The maximum Gasteiger partial charge on any atom is 0.214 e. The number of rotatable bonds is 5. The zero-order valence-electron chi connectivity index (χ0n) is 9.40. The summed E-state index contributed by atoms with van der Waals surface area (Å²) in [6.07, 6.45) is 1.06. The molecule has 1 saturated heterocycles. The lowest BCUT2D eigenvalue weighted by molar-refractivity contribution is 0.0981. The van der Waals surface area contributed by atoms with Crippen LogP contribution >= 0.6 is 0 Å². The van der Waals surface area contributed by atoms with Gasteiger partial charge in [0.25, 0.3) is 0 Å². The Morgan fingerprint density at radius 2 is 2.12 bits per heavy atom. The van der Waals surface area contributed by atoms with Gasteiger partial charge in [-0.25, -0.2) is 13.1 Å². The van der Waals surface area contributed by atoms with E-state index in [2.05, 4.69) is 4.72 Å². The van der Waals surface area contributed by atoms with Gasteiger partial charge in [-0.3, -0.25) is 5.41 Å². The Bertz CT molecular complexity index is 336. The van der Waals surface area contributed by atoms with E-state index in [0.29, 0.717) is 26.1 Å². The van der Waals surface area contributed by atoms with Crippen LogP contribution in [0.15, 0.2) is 0 Å². The van der Waals surface area contributed by atoms with Crippen LogP contribution in [0.3, 0.4) is 0 Å². The second kappa shape index (κ2) is 5.60. The third kappa shape index (κ3) is 3.73. The van der Waals surface area contributed by atoms with Gasteiger partial charge in [-0.15, -0.1) is 0 Å². The third-order valence-electron chi connectivity index (χ3n) is 2.73. The Kier molecular flexibility index (Phi) is 4.69. The molecule has 0 aromatic carbocycles. The third-order valence-corrected chi connectivity index (χ3v) is 4.65. The van der Waals surface area contributed by atoms with Crippen molar-refractivity contribution >= 4 is 15.9 Å². The van der Waals surface area contributed by atoms with Crippen LogP contribution in [-0.4, -0.2) is 39.3 Å². The maximum atomic E-state index is 11.8. The molecule has 1 aliphatic rings. The van der Waals surface area contributed by atoms with Crippen molar-refractivity contribution in [1.29, 1.82) is 5.41 Å². The molecule has 1 rings (SSSR count). The van der Waals surface area contributed by atoms with Gasteiger partial charge in [0.1, 0.15) is 0 Å². The van der Waals surface area contributed by atoms with Crippen molar-refractivity contribution < 1.29 is 13.2 Å². The molecule has 94 valence electrons. The Morgan fingerprint density at radius 1 is 1.56 bits per heavy atom. The minimum atomic E-state index is -3.29. The van der Waals surface area contributed by atoms with E-state index >= 15 is 0 Å². The number of amidine groups is 1. The highest BCUT2D eigenvalue weighted by molar-refractivity contribution is 7.90. The molecule has 1 atom stereocenters. The highest BCUT2D eigenvalue weighted by atomic mass is 32.2. The van der Waals surface area contributed by atoms with Crippen molar-refractivity contribution in [2.75, 3.05) is 19.8 Å². The predicted molar refractivity (Wildman–Crippen MR) is 61.8 cm³/mol. The summed E-state index contributed by atoms with van der Waals surface area (Å²) in [5, 5.41) is 6.80. The molecule has 16 heavy (non-hydrogen) atoms. The molecular formula is C9H19N3O3S. The molecular weight excluding hydrogens is 230 g/mol. The summed E-state index contributed by atoms with van der Waals surface area (Å²) in [6.45, 7) is 2.89. The zero-order chi connectivity index (χ0) is 12.2. The van der Waals surface area contributed by atoms with Crippen molar-refractivity contribution in [2.45, 2.75) is 25.0 Å². The Morgan fingerprint density at radius 3 is 2.62 bits per heavy atom. The quantitative estimate of drug-likeness (QED) is 0.457. The molecule has 0 aromatic heterocycles. The maximum absolute atomic E-state index is 11.8. The molecule has 1 fully saturated rings. The van der Waals surface area contributed by atoms with E-state index in [9.17, 15) is 8.42 Å². The molecule has 7 heteroatoms. The van der Waals surface area contributed by atoms with Crippen molar-refractivity contribution in [3.8, 4) is 0 Å². The van der Waals surface area contributed by atoms with Gasteiger partial charge >= 0.3 is 0 Å². The molecule has 0 aromatic rings. The van der Waals surface area contributed by atoms with Crippen molar-refractivity contribution in [1.82, 2.24) is 4.72 Å². The van der Waals surface area contributed by atoms with Gasteiger partial charge in [0, 0.05) is 25.7 Å². The first-order chi connectivity index (χ1) is 7.43. The average Bonchev–Trinajstić information content (AvgIpc) is 2.27. The second-order valence-corrected chi connectivity index (χ2v) is 6.11. The van der Waals surface area contributed by atoms with Crippen LogP contribution in [0.25, 0.3) is 0 Å². The average molecular weight is 249 g/mol.